The van der Waals surface area contributed by atoms with Gasteiger partial charge in [-0.05, 0) is 37.8 Å². The van der Waals surface area contributed by atoms with Crippen molar-refractivity contribution in [3.8, 4) is 22.9 Å². The Kier molecular flexibility index (Phi) is 6.70. The fourth-order valence-corrected chi connectivity index (χ4v) is 4.05. The predicted octanol–water partition coefficient (Wildman–Crippen LogP) is 5.68. The number of nitrogens with zero attached hydrogens (tertiary/aromatic N) is 3. The van der Waals surface area contributed by atoms with Gasteiger partial charge in [0.25, 0.3) is 0 Å². The molecule has 5 nitrogen and oxygen atoms in total. The van der Waals surface area contributed by atoms with Gasteiger partial charge in [0.2, 0.25) is 5.88 Å². The lowest BCUT2D eigenvalue weighted by Gasteiger charge is -2.30. The lowest BCUT2D eigenvalue weighted by molar-refractivity contribution is 0.0566. The number of hydrogen-bond acceptors (Lipinski definition) is 4. The maximum absolute atomic E-state index is 10.7. The lowest BCUT2D eigenvalue weighted by Crippen LogP contribution is -2.40. The van der Waals surface area contributed by atoms with E-state index in [0.29, 0.717) is 35.7 Å². The van der Waals surface area contributed by atoms with Crippen LogP contribution >= 0.6 is 11.6 Å². The molecule has 1 aromatic heterocycles. The molecule has 1 unspecified atom stereocenters. The molecule has 1 atom stereocenters. The Morgan fingerprint density at radius 3 is 2.56 bits per heavy atom. The molecule has 0 spiro atoms. The summed E-state index contributed by atoms with van der Waals surface area (Å²) in [6.45, 7) is 7.60. The molecule has 3 aromatic rings. The third kappa shape index (κ3) is 5.41. The van der Waals surface area contributed by atoms with Crippen molar-refractivity contribution in [2.45, 2.75) is 31.9 Å². The Morgan fingerprint density at radius 1 is 1.22 bits per heavy atom. The van der Waals surface area contributed by atoms with E-state index < -0.39 is 5.60 Å². The SMILES string of the molecule is C=CC(C)(O)CN(Cc1c(-c2ccccc2)nn(C)c1Oc1ccccc1Cl)CC1CC1. The van der Waals surface area contributed by atoms with Crippen molar-refractivity contribution in [2.75, 3.05) is 13.1 Å². The number of aromatic nitrogens is 2. The maximum atomic E-state index is 10.7. The van der Waals surface area contributed by atoms with Crippen molar-refractivity contribution < 1.29 is 9.84 Å². The van der Waals surface area contributed by atoms with Crippen molar-refractivity contribution in [1.29, 1.82) is 0 Å². The summed E-state index contributed by atoms with van der Waals surface area (Å²) in [4.78, 5) is 2.28. The summed E-state index contributed by atoms with van der Waals surface area (Å²) < 4.78 is 8.08. The van der Waals surface area contributed by atoms with Gasteiger partial charge in [-0.25, -0.2) is 4.68 Å². The minimum atomic E-state index is -0.978. The quantitative estimate of drug-likeness (QED) is 0.403. The monoisotopic (exact) mass is 451 g/mol. The summed E-state index contributed by atoms with van der Waals surface area (Å²) >= 11 is 6.38. The molecule has 32 heavy (non-hydrogen) atoms. The Balaban J connectivity index is 1.74. The molecule has 0 radical (unpaired) electrons. The zero-order valence-electron chi connectivity index (χ0n) is 18.7. The van der Waals surface area contributed by atoms with Gasteiger partial charge in [0, 0.05) is 32.2 Å². The van der Waals surface area contributed by atoms with Gasteiger partial charge >= 0.3 is 0 Å². The highest BCUT2D eigenvalue weighted by Crippen LogP contribution is 2.37. The molecule has 1 saturated carbocycles. The van der Waals surface area contributed by atoms with Crippen LogP contribution in [0.5, 0.6) is 11.6 Å². The van der Waals surface area contributed by atoms with Crippen molar-refractivity contribution >= 4 is 11.6 Å². The molecule has 1 heterocycles. The number of benzene rings is 2. The van der Waals surface area contributed by atoms with Gasteiger partial charge in [-0.2, -0.15) is 5.10 Å². The van der Waals surface area contributed by atoms with E-state index in [1.54, 1.807) is 17.7 Å². The third-order valence-electron chi connectivity index (χ3n) is 5.76. The van der Waals surface area contributed by atoms with E-state index in [4.69, 9.17) is 21.4 Å². The van der Waals surface area contributed by atoms with Gasteiger partial charge in [0.1, 0.15) is 11.4 Å². The molecule has 1 N–H and O–H groups in total. The number of para-hydroxylation sites is 1. The van der Waals surface area contributed by atoms with Crippen LogP contribution in [0, 0.1) is 5.92 Å². The van der Waals surface area contributed by atoms with E-state index >= 15 is 0 Å². The molecule has 6 heteroatoms. The van der Waals surface area contributed by atoms with Crippen molar-refractivity contribution in [3.63, 3.8) is 0 Å². The minimum Gasteiger partial charge on any atom is -0.437 e. The molecule has 1 fully saturated rings. The van der Waals surface area contributed by atoms with Gasteiger partial charge in [-0.15, -0.1) is 6.58 Å². The Bertz CT molecular complexity index is 1070. The van der Waals surface area contributed by atoms with Crippen LogP contribution in [0.4, 0.5) is 0 Å². The number of aryl methyl sites for hydroxylation is 1. The standard InChI is InChI=1S/C26H30ClN3O2/c1-4-26(2,31)18-30(16-19-14-15-19)17-21-24(20-10-6-5-7-11-20)28-29(3)25(21)32-23-13-9-8-12-22(23)27/h4-13,19,31H,1,14-18H2,2-3H3. The summed E-state index contributed by atoms with van der Waals surface area (Å²) in [6.07, 6.45) is 4.07. The van der Waals surface area contributed by atoms with Gasteiger partial charge < -0.3 is 9.84 Å². The molecule has 2 aromatic carbocycles. The van der Waals surface area contributed by atoms with Gasteiger partial charge in [0.05, 0.1) is 16.2 Å². The largest absolute Gasteiger partial charge is 0.437 e. The second kappa shape index (κ2) is 9.49. The zero-order chi connectivity index (χ0) is 22.7. The van der Waals surface area contributed by atoms with Gasteiger partial charge in [-0.3, -0.25) is 4.90 Å². The summed E-state index contributed by atoms with van der Waals surface area (Å²) in [7, 11) is 1.88. The summed E-state index contributed by atoms with van der Waals surface area (Å²) in [5.74, 6) is 1.90. The van der Waals surface area contributed by atoms with Crippen LogP contribution in [0.1, 0.15) is 25.3 Å². The van der Waals surface area contributed by atoms with Crippen molar-refractivity contribution in [3.05, 3.63) is 77.8 Å². The van der Waals surface area contributed by atoms with E-state index in [0.717, 1.165) is 23.4 Å². The highest BCUT2D eigenvalue weighted by Gasteiger charge is 2.30. The summed E-state index contributed by atoms with van der Waals surface area (Å²) in [6, 6.07) is 17.6. The third-order valence-corrected chi connectivity index (χ3v) is 6.07. The average Bonchev–Trinajstić information content (AvgIpc) is 3.54. The molecule has 0 amide bonds. The Morgan fingerprint density at radius 2 is 1.91 bits per heavy atom. The van der Waals surface area contributed by atoms with Crippen molar-refractivity contribution in [1.82, 2.24) is 14.7 Å². The first-order valence-corrected chi connectivity index (χ1v) is 11.4. The molecule has 0 saturated heterocycles. The maximum Gasteiger partial charge on any atom is 0.222 e. The fraction of sp³-hybridized carbons (Fsp3) is 0.346. The molecule has 168 valence electrons. The van der Waals surface area contributed by atoms with Gasteiger partial charge in [0.15, 0.2) is 0 Å². The predicted molar refractivity (Wildman–Crippen MR) is 129 cm³/mol. The van der Waals surface area contributed by atoms with Crippen LogP contribution in [0.3, 0.4) is 0 Å². The van der Waals surface area contributed by atoms with E-state index in [-0.39, 0.29) is 0 Å². The molecule has 1 aliphatic rings. The fourth-order valence-electron chi connectivity index (χ4n) is 3.87. The van der Waals surface area contributed by atoms with Crippen molar-refractivity contribution in [2.24, 2.45) is 13.0 Å². The molecule has 4 rings (SSSR count). The zero-order valence-corrected chi connectivity index (χ0v) is 19.4. The lowest BCUT2D eigenvalue weighted by atomic mass is 10.0. The van der Waals surface area contributed by atoms with Crippen LogP contribution in [0.15, 0.2) is 67.3 Å². The van der Waals surface area contributed by atoms with E-state index in [9.17, 15) is 5.11 Å². The number of halogens is 1. The summed E-state index contributed by atoms with van der Waals surface area (Å²) in [5.41, 5.74) is 1.88. The molecule has 0 aliphatic heterocycles. The number of rotatable bonds is 10. The van der Waals surface area contributed by atoms with Crippen LogP contribution < -0.4 is 4.74 Å². The highest BCUT2D eigenvalue weighted by molar-refractivity contribution is 6.32. The van der Waals surface area contributed by atoms with Crippen LogP contribution in [-0.4, -0.2) is 38.5 Å². The van der Waals surface area contributed by atoms with Crippen LogP contribution in [-0.2, 0) is 13.6 Å². The second-order valence-corrected chi connectivity index (χ2v) is 9.24. The van der Waals surface area contributed by atoms with E-state index in [1.165, 1.54) is 12.8 Å². The Labute approximate surface area is 194 Å². The second-order valence-electron chi connectivity index (χ2n) is 8.83. The first kappa shape index (κ1) is 22.6. The number of aliphatic hydroxyl groups is 1. The molecular formula is C26H30ClN3O2. The molecular weight excluding hydrogens is 422 g/mol. The highest BCUT2D eigenvalue weighted by atomic mass is 35.5. The van der Waals surface area contributed by atoms with Gasteiger partial charge in [-0.1, -0.05) is 60.1 Å². The molecule has 0 bridgehead atoms. The van der Waals surface area contributed by atoms with E-state index in [1.807, 2.05) is 49.5 Å². The first-order valence-electron chi connectivity index (χ1n) is 11.0. The minimum absolute atomic E-state index is 0.488. The molecule has 1 aliphatic carbocycles. The number of hydrogen-bond donors (Lipinski definition) is 1. The summed E-state index contributed by atoms with van der Waals surface area (Å²) in [5, 5.41) is 16.1. The number of ether oxygens (including phenoxy) is 1. The average molecular weight is 452 g/mol. The normalized spacial score (nSPS) is 15.5. The first-order chi connectivity index (χ1) is 15.4. The van der Waals surface area contributed by atoms with Crippen LogP contribution in [0.2, 0.25) is 5.02 Å². The van der Waals surface area contributed by atoms with E-state index in [2.05, 4.69) is 23.6 Å². The smallest absolute Gasteiger partial charge is 0.222 e. The van der Waals surface area contributed by atoms with Crippen LogP contribution in [0.25, 0.3) is 11.3 Å². The Hall–Kier alpha value is -2.60. The topological polar surface area (TPSA) is 50.5 Å².